The van der Waals surface area contributed by atoms with Gasteiger partial charge in [-0.1, -0.05) is 48.5 Å². The van der Waals surface area contributed by atoms with Gasteiger partial charge in [0.1, 0.15) is 12.2 Å². The van der Waals surface area contributed by atoms with Gasteiger partial charge >= 0.3 is 12.1 Å². The molecule has 3 aromatic rings. The van der Waals surface area contributed by atoms with Crippen LogP contribution >= 0.6 is 0 Å². The smallest absolute Gasteiger partial charge is 0.407 e. The number of alkyl carbamates (subject to hydrolysis) is 1. The average molecular weight is 460 g/mol. The van der Waals surface area contributed by atoms with Gasteiger partial charge in [-0.25, -0.2) is 9.59 Å². The van der Waals surface area contributed by atoms with E-state index < -0.39 is 12.1 Å². The van der Waals surface area contributed by atoms with E-state index in [0.29, 0.717) is 13.0 Å². The van der Waals surface area contributed by atoms with Gasteiger partial charge < -0.3 is 20.5 Å². The summed E-state index contributed by atoms with van der Waals surface area (Å²) < 4.78 is 6.86. The van der Waals surface area contributed by atoms with Crippen molar-refractivity contribution in [2.24, 2.45) is 18.9 Å². The van der Waals surface area contributed by atoms with Crippen molar-refractivity contribution >= 4 is 23.8 Å². The molecule has 1 heterocycles. The van der Waals surface area contributed by atoms with E-state index in [1.54, 1.807) is 7.05 Å². The molecule has 2 atom stereocenters. The highest BCUT2D eigenvalue weighted by Gasteiger charge is 2.43. The summed E-state index contributed by atoms with van der Waals surface area (Å²) >= 11 is 0. The van der Waals surface area contributed by atoms with Crippen molar-refractivity contribution in [2.75, 3.05) is 18.5 Å². The molecule has 9 heteroatoms. The highest BCUT2D eigenvalue weighted by atomic mass is 16.5. The maximum absolute atomic E-state index is 12.5. The maximum Gasteiger partial charge on any atom is 0.407 e. The zero-order valence-corrected chi connectivity index (χ0v) is 18.5. The lowest BCUT2D eigenvalue weighted by atomic mass is 9.98. The molecule has 2 aromatic carbocycles. The predicted octanol–water partition coefficient (Wildman–Crippen LogP) is 3.23. The summed E-state index contributed by atoms with van der Waals surface area (Å²) in [5.41, 5.74) is 4.55. The topological polar surface area (TPSA) is 123 Å². The lowest BCUT2D eigenvalue weighted by molar-refractivity contribution is -0.117. The van der Waals surface area contributed by atoms with Gasteiger partial charge in [0, 0.05) is 31.6 Å². The number of benzene rings is 2. The number of hydrogen-bond donors (Lipinski definition) is 3. The first kappa shape index (κ1) is 21.7. The van der Waals surface area contributed by atoms with Crippen LogP contribution in [0.15, 0.2) is 54.7 Å². The number of aromatic nitrogens is 2. The van der Waals surface area contributed by atoms with Crippen molar-refractivity contribution < 1.29 is 24.2 Å². The molecule has 1 fully saturated rings. The number of rotatable bonds is 7. The Bertz CT molecular complexity index is 1240. The Morgan fingerprint density at radius 3 is 2.38 bits per heavy atom. The fraction of sp³-hybridized carbons (Fsp3) is 0.280. The first-order chi connectivity index (χ1) is 16.4. The van der Waals surface area contributed by atoms with Crippen molar-refractivity contribution in [3.05, 3.63) is 71.4 Å². The number of amides is 2. The number of carboxylic acids is 1. The SMILES string of the molecule is Cn1cc(C(=O)O)c(NC(=O)C2CC2CNC(=O)OCC2c3ccccc3-c3ccccc32)n1. The van der Waals surface area contributed by atoms with Gasteiger partial charge in [-0.2, -0.15) is 5.10 Å². The number of fused-ring (bicyclic) bond motifs is 3. The predicted molar refractivity (Wildman–Crippen MR) is 123 cm³/mol. The Morgan fingerprint density at radius 1 is 1.09 bits per heavy atom. The molecule has 3 N–H and O–H groups in total. The highest BCUT2D eigenvalue weighted by Crippen LogP contribution is 2.44. The van der Waals surface area contributed by atoms with E-state index in [1.165, 1.54) is 10.9 Å². The minimum atomic E-state index is -1.16. The van der Waals surface area contributed by atoms with Crippen molar-refractivity contribution in [1.82, 2.24) is 15.1 Å². The van der Waals surface area contributed by atoms with Crippen molar-refractivity contribution in [1.29, 1.82) is 0 Å². The average Bonchev–Trinajstić information content (AvgIpc) is 3.42. The number of aromatic carboxylic acids is 1. The highest BCUT2D eigenvalue weighted by molar-refractivity contribution is 6.00. The van der Waals surface area contributed by atoms with Crippen LogP contribution < -0.4 is 10.6 Å². The van der Waals surface area contributed by atoms with Gasteiger partial charge in [-0.3, -0.25) is 9.48 Å². The second kappa shape index (κ2) is 8.66. The molecule has 0 aliphatic heterocycles. The fourth-order valence-corrected chi connectivity index (χ4v) is 4.60. The van der Waals surface area contributed by atoms with Gasteiger partial charge in [0.2, 0.25) is 5.91 Å². The molecule has 2 amide bonds. The molecule has 1 aromatic heterocycles. The molecule has 34 heavy (non-hydrogen) atoms. The quantitative estimate of drug-likeness (QED) is 0.498. The molecule has 0 radical (unpaired) electrons. The van der Waals surface area contributed by atoms with E-state index in [4.69, 9.17) is 4.74 Å². The van der Waals surface area contributed by atoms with Gasteiger partial charge in [-0.15, -0.1) is 0 Å². The van der Waals surface area contributed by atoms with E-state index in [1.807, 2.05) is 24.3 Å². The number of carboxylic acid groups (broad SMARTS) is 1. The molecule has 5 rings (SSSR count). The maximum atomic E-state index is 12.5. The first-order valence-electron chi connectivity index (χ1n) is 11.1. The van der Waals surface area contributed by atoms with Crippen molar-refractivity contribution in [3.63, 3.8) is 0 Å². The summed E-state index contributed by atoms with van der Waals surface area (Å²) in [5, 5.41) is 18.5. The van der Waals surface area contributed by atoms with E-state index in [0.717, 1.165) is 22.3 Å². The van der Waals surface area contributed by atoms with Gasteiger partial charge in [0.25, 0.3) is 0 Å². The summed E-state index contributed by atoms with van der Waals surface area (Å²) in [7, 11) is 1.58. The van der Waals surface area contributed by atoms with Crippen LogP contribution in [0.25, 0.3) is 11.1 Å². The van der Waals surface area contributed by atoms with Crippen LogP contribution in [0.1, 0.15) is 33.8 Å². The molecular weight excluding hydrogens is 436 g/mol. The van der Waals surface area contributed by atoms with E-state index >= 15 is 0 Å². The van der Waals surface area contributed by atoms with E-state index in [9.17, 15) is 19.5 Å². The number of nitrogens with zero attached hydrogens (tertiary/aromatic N) is 2. The summed E-state index contributed by atoms with van der Waals surface area (Å²) in [6.07, 6.45) is 1.41. The Morgan fingerprint density at radius 2 is 1.74 bits per heavy atom. The standard InChI is InChI=1S/C25H24N4O5/c1-29-12-20(24(31)32)22(28-29)27-23(30)19-10-14(19)11-26-25(33)34-13-21-17-8-4-2-6-15(17)16-7-3-5-9-18(16)21/h2-9,12,14,19,21H,10-11,13H2,1H3,(H,26,33)(H,31,32)(H,27,28,30). The fourth-order valence-electron chi connectivity index (χ4n) is 4.60. The van der Waals surface area contributed by atoms with E-state index in [-0.39, 0.29) is 41.6 Å². The number of carbonyl (C=O) groups is 3. The number of hydrogen-bond acceptors (Lipinski definition) is 5. The van der Waals surface area contributed by atoms with Gasteiger partial charge in [0.15, 0.2) is 5.82 Å². The van der Waals surface area contributed by atoms with Crippen LogP contribution in [0.5, 0.6) is 0 Å². The van der Waals surface area contributed by atoms with E-state index in [2.05, 4.69) is 40.0 Å². The van der Waals surface area contributed by atoms with Crippen molar-refractivity contribution in [3.8, 4) is 11.1 Å². The summed E-state index contributed by atoms with van der Waals surface area (Å²) in [4.78, 5) is 36.1. The Labute approximate surface area is 195 Å². The number of carbonyl (C=O) groups excluding carboxylic acids is 2. The third-order valence-corrected chi connectivity index (χ3v) is 6.41. The Balaban J connectivity index is 1.12. The van der Waals surface area contributed by atoms with Crippen LogP contribution in [-0.2, 0) is 16.6 Å². The molecule has 174 valence electrons. The lowest BCUT2D eigenvalue weighted by Gasteiger charge is -2.14. The number of ether oxygens (including phenoxy) is 1. The molecule has 0 bridgehead atoms. The molecule has 0 spiro atoms. The molecule has 2 aliphatic rings. The van der Waals surface area contributed by atoms with Gasteiger partial charge in [-0.05, 0) is 34.6 Å². The molecule has 0 saturated heterocycles. The number of nitrogens with one attached hydrogen (secondary N) is 2. The van der Waals surface area contributed by atoms with Crippen LogP contribution in [0.3, 0.4) is 0 Å². The normalized spacial score (nSPS) is 18.0. The summed E-state index contributed by atoms with van der Waals surface area (Å²) in [6, 6.07) is 16.3. The Hall–Kier alpha value is -4.14. The molecule has 2 aliphatic carbocycles. The molecule has 2 unspecified atom stereocenters. The van der Waals surface area contributed by atoms with Crippen LogP contribution in [0.2, 0.25) is 0 Å². The first-order valence-corrected chi connectivity index (χ1v) is 11.1. The molecule has 9 nitrogen and oxygen atoms in total. The number of aryl methyl sites for hydroxylation is 1. The number of anilines is 1. The van der Waals surface area contributed by atoms with Crippen molar-refractivity contribution in [2.45, 2.75) is 12.3 Å². The second-order valence-electron chi connectivity index (χ2n) is 8.67. The lowest BCUT2D eigenvalue weighted by Crippen LogP contribution is -2.29. The summed E-state index contributed by atoms with van der Waals surface area (Å²) in [6.45, 7) is 0.537. The largest absolute Gasteiger partial charge is 0.477 e. The Kier molecular flexibility index (Phi) is 5.53. The third kappa shape index (κ3) is 4.12. The van der Waals surface area contributed by atoms with Crippen LogP contribution in [-0.4, -0.2) is 46.0 Å². The molecule has 1 saturated carbocycles. The minimum Gasteiger partial charge on any atom is -0.477 e. The molecular formula is C25H24N4O5. The monoisotopic (exact) mass is 460 g/mol. The zero-order valence-electron chi connectivity index (χ0n) is 18.5. The second-order valence-corrected chi connectivity index (χ2v) is 8.67. The van der Waals surface area contributed by atoms with Crippen LogP contribution in [0.4, 0.5) is 10.6 Å². The third-order valence-electron chi connectivity index (χ3n) is 6.41. The zero-order chi connectivity index (χ0) is 23.8. The minimum absolute atomic E-state index is 0.0144. The van der Waals surface area contributed by atoms with Crippen LogP contribution in [0, 0.1) is 11.8 Å². The summed E-state index contributed by atoms with van der Waals surface area (Å²) in [5.74, 6) is -1.79. The van der Waals surface area contributed by atoms with Gasteiger partial charge in [0.05, 0.1) is 0 Å².